The molecule has 6 heteroatoms. The van der Waals surface area contributed by atoms with Crippen LogP contribution in [0.4, 0.5) is 0 Å². The molecule has 1 unspecified atom stereocenters. The molecular formula is C15H23N3O2S. The van der Waals surface area contributed by atoms with E-state index in [2.05, 4.69) is 0 Å². The Morgan fingerprint density at radius 1 is 1.24 bits per heavy atom. The standard InChI is InChI=1S/C15H23N3O2S/c1-11(16)3-6-14(19)17-7-9-18(10-8-17)15(20)13-5-4-12(2)21-13/h4-5,11H,3,6-10,16H2,1-2H3. The van der Waals surface area contributed by atoms with Crippen LogP contribution in [0.25, 0.3) is 0 Å². The van der Waals surface area contributed by atoms with E-state index in [0.717, 1.165) is 9.75 Å². The van der Waals surface area contributed by atoms with E-state index in [1.54, 1.807) is 0 Å². The second-order valence-electron chi connectivity index (χ2n) is 5.60. The number of rotatable bonds is 4. The first-order chi connectivity index (χ1) is 9.97. The summed E-state index contributed by atoms with van der Waals surface area (Å²) in [6.45, 7) is 6.37. The van der Waals surface area contributed by atoms with Crippen molar-refractivity contribution in [3.63, 3.8) is 0 Å². The minimum Gasteiger partial charge on any atom is -0.339 e. The highest BCUT2D eigenvalue weighted by molar-refractivity contribution is 7.13. The lowest BCUT2D eigenvalue weighted by molar-refractivity contribution is -0.132. The summed E-state index contributed by atoms with van der Waals surface area (Å²) in [5, 5.41) is 0. The normalized spacial score (nSPS) is 16.9. The third-order valence-electron chi connectivity index (χ3n) is 3.68. The molecule has 2 N–H and O–H groups in total. The van der Waals surface area contributed by atoms with Crippen molar-refractivity contribution in [2.75, 3.05) is 26.2 Å². The molecule has 1 aromatic rings. The highest BCUT2D eigenvalue weighted by Gasteiger charge is 2.25. The number of hydrogen-bond acceptors (Lipinski definition) is 4. The van der Waals surface area contributed by atoms with Gasteiger partial charge in [0, 0.05) is 43.5 Å². The molecule has 2 amide bonds. The number of piperazine rings is 1. The van der Waals surface area contributed by atoms with Crippen LogP contribution in [0.1, 0.15) is 34.3 Å². The molecule has 1 aliphatic heterocycles. The maximum atomic E-state index is 12.3. The minimum absolute atomic E-state index is 0.0545. The number of thiophene rings is 1. The Morgan fingerprint density at radius 2 is 1.86 bits per heavy atom. The summed E-state index contributed by atoms with van der Waals surface area (Å²) in [6.07, 6.45) is 1.21. The molecule has 0 radical (unpaired) electrons. The number of nitrogens with zero attached hydrogens (tertiary/aromatic N) is 2. The average Bonchev–Trinajstić information content (AvgIpc) is 2.90. The fourth-order valence-electron chi connectivity index (χ4n) is 2.37. The number of hydrogen-bond donors (Lipinski definition) is 1. The van der Waals surface area contributed by atoms with Gasteiger partial charge >= 0.3 is 0 Å². The van der Waals surface area contributed by atoms with E-state index in [1.807, 2.05) is 35.8 Å². The fourth-order valence-corrected chi connectivity index (χ4v) is 3.21. The molecule has 1 fully saturated rings. The van der Waals surface area contributed by atoms with E-state index in [4.69, 9.17) is 5.73 Å². The highest BCUT2D eigenvalue weighted by atomic mass is 32.1. The van der Waals surface area contributed by atoms with Crippen molar-refractivity contribution >= 4 is 23.2 Å². The van der Waals surface area contributed by atoms with Gasteiger partial charge in [-0.25, -0.2) is 0 Å². The Kier molecular flexibility index (Phi) is 5.36. The van der Waals surface area contributed by atoms with Crippen molar-refractivity contribution < 1.29 is 9.59 Å². The van der Waals surface area contributed by atoms with E-state index in [0.29, 0.717) is 39.0 Å². The summed E-state index contributed by atoms with van der Waals surface area (Å²) in [7, 11) is 0. The second-order valence-corrected chi connectivity index (χ2v) is 6.89. The van der Waals surface area contributed by atoms with E-state index >= 15 is 0 Å². The van der Waals surface area contributed by atoms with Gasteiger partial charge in [0.25, 0.3) is 5.91 Å². The molecule has 0 spiro atoms. The summed E-state index contributed by atoms with van der Waals surface area (Å²) in [4.78, 5) is 29.9. The summed E-state index contributed by atoms with van der Waals surface area (Å²) >= 11 is 1.52. The number of carbonyl (C=O) groups is 2. The van der Waals surface area contributed by atoms with Crippen molar-refractivity contribution in [1.29, 1.82) is 0 Å². The van der Waals surface area contributed by atoms with Gasteiger partial charge in [0.05, 0.1) is 4.88 Å². The third-order valence-corrected chi connectivity index (χ3v) is 4.67. The molecular weight excluding hydrogens is 286 g/mol. The zero-order chi connectivity index (χ0) is 15.4. The van der Waals surface area contributed by atoms with Crippen molar-refractivity contribution in [2.45, 2.75) is 32.7 Å². The quantitative estimate of drug-likeness (QED) is 0.916. The summed E-state index contributed by atoms with van der Waals surface area (Å²) in [5.74, 6) is 0.224. The molecule has 21 heavy (non-hydrogen) atoms. The zero-order valence-corrected chi connectivity index (χ0v) is 13.5. The monoisotopic (exact) mass is 309 g/mol. The van der Waals surface area contributed by atoms with Gasteiger partial charge in [-0.2, -0.15) is 0 Å². The van der Waals surface area contributed by atoms with Gasteiger partial charge in [-0.05, 0) is 32.4 Å². The van der Waals surface area contributed by atoms with Crippen LogP contribution >= 0.6 is 11.3 Å². The lowest BCUT2D eigenvalue weighted by Crippen LogP contribution is -2.50. The van der Waals surface area contributed by atoms with Crippen LogP contribution in [-0.4, -0.2) is 53.8 Å². The maximum Gasteiger partial charge on any atom is 0.264 e. The molecule has 0 saturated carbocycles. The molecule has 1 aromatic heterocycles. The van der Waals surface area contributed by atoms with Crippen LogP contribution in [0.2, 0.25) is 0 Å². The van der Waals surface area contributed by atoms with E-state index in [-0.39, 0.29) is 17.9 Å². The SMILES string of the molecule is Cc1ccc(C(=O)N2CCN(C(=O)CCC(C)N)CC2)s1. The Labute approximate surface area is 129 Å². The lowest BCUT2D eigenvalue weighted by Gasteiger charge is -2.34. The van der Waals surface area contributed by atoms with E-state index in [1.165, 1.54) is 11.3 Å². The lowest BCUT2D eigenvalue weighted by atomic mass is 10.1. The molecule has 5 nitrogen and oxygen atoms in total. The summed E-state index contributed by atoms with van der Waals surface area (Å²) < 4.78 is 0. The molecule has 0 bridgehead atoms. The molecule has 0 aromatic carbocycles. The molecule has 0 aliphatic carbocycles. The molecule has 2 heterocycles. The van der Waals surface area contributed by atoms with Gasteiger partial charge in [-0.15, -0.1) is 11.3 Å². The summed E-state index contributed by atoms with van der Waals surface area (Å²) in [5.41, 5.74) is 5.68. The predicted molar refractivity (Wildman–Crippen MR) is 84.4 cm³/mol. The maximum absolute atomic E-state index is 12.3. The highest BCUT2D eigenvalue weighted by Crippen LogP contribution is 2.18. The first-order valence-electron chi connectivity index (χ1n) is 7.36. The molecule has 1 aliphatic rings. The van der Waals surface area contributed by atoms with Gasteiger partial charge in [0.1, 0.15) is 0 Å². The minimum atomic E-state index is 0.0545. The van der Waals surface area contributed by atoms with E-state index < -0.39 is 0 Å². The predicted octanol–water partition coefficient (Wildman–Crippen LogP) is 1.47. The Balaban J connectivity index is 1.83. The van der Waals surface area contributed by atoms with Gasteiger partial charge in [0.15, 0.2) is 0 Å². The Hall–Kier alpha value is -1.40. The molecule has 2 rings (SSSR count). The fraction of sp³-hybridized carbons (Fsp3) is 0.600. The number of nitrogens with two attached hydrogens (primary N) is 1. The smallest absolute Gasteiger partial charge is 0.264 e. The van der Waals surface area contributed by atoms with Gasteiger partial charge in [0.2, 0.25) is 5.91 Å². The Bertz CT molecular complexity index is 505. The summed E-state index contributed by atoms with van der Waals surface area (Å²) in [6, 6.07) is 3.90. The first kappa shape index (κ1) is 16.0. The van der Waals surface area contributed by atoms with Crippen molar-refractivity contribution in [3.05, 3.63) is 21.9 Å². The number of amides is 2. The largest absolute Gasteiger partial charge is 0.339 e. The molecule has 116 valence electrons. The number of carbonyl (C=O) groups excluding carboxylic acids is 2. The third kappa shape index (κ3) is 4.28. The zero-order valence-electron chi connectivity index (χ0n) is 12.7. The van der Waals surface area contributed by atoms with Crippen LogP contribution < -0.4 is 5.73 Å². The second kappa shape index (κ2) is 7.04. The van der Waals surface area contributed by atoms with Crippen LogP contribution in [-0.2, 0) is 4.79 Å². The molecule has 1 atom stereocenters. The van der Waals surface area contributed by atoms with Crippen molar-refractivity contribution in [2.24, 2.45) is 5.73 Å². The van der Waals surface area contributed by atoms with Crippen LogP contribution in [0.15, 0.2) is 12.1 Å². The Morgan fingerprint density at radius 3 is 2.38 bits per heavy atom. The average molecular weight is 309 g/mol. The van der Waals surface area contributed by atoms with Crippen LogP contribution in [0.5, 0.6) is 0 Å². The molecule has 1 saturated heterocycles. The van der Waals surface area contributed by atoms with Gasteiger partial charge < -0.3 is 15.5 Å². The van der Waals surface area contributed by atoms with Crippen LogP contribution in [0, 0.1) is 6.92 Å². The topological polar surface area (TPSA) is 66.6 Å². The van der Waals surface area contributed by atoms with E-state index in [9.17, 15) is 9.59 Å². The van der Waals surface area contributed by atoms with Gasteiger partial charge in [-0.1, -0.05) is 0 Å². The first-order valence-corrected chi connectivity index (χ1v) is 8.18. The van der Waals surface area contributed by atoms with Crippen molar-refractivity contribution in [3.8, 4) is 0 Å². The van der Waals surface area contributed by atoms with Crippen LogP contribution in [0.3, 0.4) is 0 Å². The van der Waals surface area contributed by atoms with Gasteiger partial charge in [-0.3, -0.25) is 9.59 Å². The van der Waals surface area contributed by atoms with Crippen molar-refractivity contribution in [1.82, 2.24) is 9.80 Å². The number of aryl methyl sites for hydroxylation is 1.